The Morgan fingerprint density at radius 2 is 2.08 bits per heavy atom. The van der Waals surface area contributed by atoms with E-state index in [9.17, 15) is 9.59 Å². The first-order chi connectivity index (χ1) is 11.5. The maximum absolute atomic E-state index is 12.2. The number of aryl methyl sites for hydroxylation is 1. The molecule has 1 aromatic heterocycles. The van der Waals surface area contributed by atoms with Crippen molar-refractivity contribution < 1.29 is 19.1 Å². The van der Waals surface area contributed by atoms with Crippen molar-refractivity contribution in [1.82, 2.24) is 0 Å². The van der Waals surface area contributed by atoms with E-state index < -0.39 is 18.0 Å². The number of anilines is 1. The molecule has 1 heterocycles. The van der Waals surface area contributed by atoms with Gasteiger partial charge >= 0.3 is 5.97 Å². The van der Waals surface area contributed by atoms with Gasteiger partial charge in [-0.25, -0.2) is 4.79 Å². The van der Waals surface area contributed by atoms with Crippen LogP contribution in [0.2, 0.25) is 0 Å². The van der Waals surface area contributed by atoms with Gasteiger partial charge < -0.3 is 14.8 Å². The lowest BCUT2D eigenvalue weighted by Crippen LogP contribution is -2.29. The van der Waals surface area contributed by atoms with E-state index in [1.165, 1.54) is 25.4 Å². The molecule has 2 rings (SSSR count). The molecule has 1 aromatic carbocycles. The molecule has 0 radical (unpaired) electrons. The van der Waals surface area contributed by atoms with Gasteiger partial charge in [0, 0.05) is 0 Å². The molecular formula is C17H16N2O4S. The van der Waals surface area contributed by atoms with Crippen LogP contribution >= 0.6 is 11.3 Å². The number of hydrogen-bond donors (Lipinski definition) is 1. The van der Waals surface area contributed by atoms with Crippen molar-refractivity contribution in [1.29, 1.82) is 5.26 Å². The Kier molecular flexibility index (Phi) is 5.55. The summed E-state index contributed by atoms with van der Waals surface area (Å²) in [7, 11) is 1.52. The lowest BCUT2D eigenvalue weighted by molar-refractivity contribution is -0.123. The number of hydrogen-bond acceptors (Lipinski definition) is 6. The molecule has 0 aliphatic rings. The van der Waals surface area contributed by atoms with Gasteiger partial charge in [-0.2, -0.15) is 5.26 Å². The minimum atomic E-state index is -1.00. The molecule has 7 heteroatoms. The monoisotopic (exact) mass is 344 g/mol. The van der Waals surface area contributed by atoms with Crippen molar-refractivity contribution in [3.8, 4) is 11.8 Å². The molecule has 0 bridgehead atoms. The normalized spacial score (nSPS) is 11.2. The summed E-state index contributed by atoms with van der Waals surface area (Å²) in [5.74, 6) is -0.553. The highest BCUT2D eigenvalue weighted by molar-refractivity contribution is 7.14. The summed E-state index contributed by atoms with van der Waals surface area (Å²) in [5, 5.41) is 13.6. The molecule has 1 amide bonds. The number of esters is 1. The summed E-state index contributed by atoms with van der Waals surface area (Å²) in [6, 6.07) is 8.50. The summed E-state index contributed by atoms with van der Waals surface area (Å²) in [5.41, 5.74) is 1.56. The van der Waals surface area contributed by atoms with E-state index >= 15 is 0 Å². The number of methoxy groups -OCH3 is 1. The molecule has 0 spiro atoms. The van der Waals surface area contributed by atoms with Crippen LogP contribution in [0, 0.1) is 18.3 Å². The van der Waals surface area contributed by atoms with E-state index in [0.717, 1.165) is 5.56 Å². The predicted octanol–water partition coefficient (Wildman–Crippen LogP) is 3.12. The first-order valence-corrected chi connectivity index (χ1v) is 7.98. The third-order valence-electron chi connectivity index (χ3n) is 3.32. The minimum absolute atomic E-state index is 0.297. The number of benzene rings is 1. The highest BCUT2D eigenvalue weighted by Gasteiger charge is 2.21. The van der Waals surface area contributed by atoms with Crippen LogP contribution in [-0.4, -0.2) is 25.1 Å². The maximum Gasteiger partial charge on any atom is 0.339 e. The third-order valence-corrected chi connectivity index (χ3v) is 4.15. The average Bonchev–Trinajstić information content (AvgIpc) is 3.02. The second-order valence-electron chi connectivity index (χ2n) is 5.00. The average molecular weight is 344 g/mol. The van der Waals surface area contributed by atoms with E-state index in [1.54, 1.807) is 29.6 Å². The predicted molar refractivity (Wildman–Crippen MR) is 90.3 cm³/mol. The van der Waals surface area contributed by atoms with Crippen LogP contribution in [0.15, 0.2) is 29.6 Å². The van der Waals surface area contributed by atoms with Crippen LogP contribution in [0.3, 0.4) is 0 Å². The third kappa shape index (κ3) is 3.91. The standard InChI is InChI=1S/C17H16N2O4S/c1-10-4-5-12(8-14(10)22-3)17(21)23-11(2)15(20)19-16-13(9-18)6-7-24-16/h4-8,11H,1-3H3,(H,19,20)/t11-/m1/s1. The van der Waals surface area contributed by atoms with Crippen LogP contribution in [0.4, 0.5) is 5.00 Å². The first-order valence-electron chi connectivity index (χ1n) is 7.10. The smallest absolute Gasteiger partial charge is 0.339 e. The molecule has 6 nitrogen and oxygen atoms in total. The summed E-state index contributed by atoms with van der Waals surface area (Å²) in [6.07, 6.45) is -1.00. The fraction of sp³-hybridized carbons (Fsp3) is 0.235. The van der Waals surface area contributed by atoms with Gasteiger partial charge in [-0.15, -0.1) is 11.3 Å². The van der Waals surface area contributed by atoms with Crippen molar-refractivity contribution >= 4 is 28.2 Å². The largest absolute Gasteiger partial charge is 0.496 e. The number of nitrogens with zero attached hydrogens (tertiary/aromatic N) is 1. The molecule has 0 aliphatic heterocycles. The molecule has 1 N–H and O–H groups in total. The number of rotatable bonds is 5. The number of ether oxygens (including phenoxy) is 2. The van der Waals surface area contributed by atoms with Gasteiger partial charge in [-0.1, -0.05) is 6.07 Å². The fourth-order valence-electron chi connectivity index (χ4n) is 1.94. The Balaban J connectivity index is 2.03. The molecule has 1 atom stereocenters. The molecule has 124 valence electrons. The maximum atomic E-state index is 12.2. The van der Waals surface area contributed by atoms with Gasteiger partial charge in [-0.05, 0) is 43.0 Å². The fourth-order valence-corrected chi connectivity index (χ4v) is 2.68. The zero-order chi connectivity index (χ0) is 17.7. The first kappa shape index (κ1) is 17.5. The Morgan fingerprint density at radius 3 is 2.75 bits per heavy atom. The summed E-state index contributed by atoms with van der Waals surface area (Å²) in [6.45, 7) is 3.33. The van der Waals surface area contributed by atoms with Gasteiger partial charge in [-0.3, -0.25) is 4.79 Å². The molecule has 0 fully saturated rings. The lowest BCUT2D eigenvalue weighted by Gasteiger charge is -2.13. The van der Waals surface area contributed by atoms with Crippen LogP contribution in [0.5, 0.6) is 5.75 Å². The molecule has 0 unspecified atom stereocenters. The van der Waals surface area contributed by atoms with Gasteiger partial charge in [0.2, 0.25) is 0 Å². The van der Waals surface area contributed by atoms with Gasteiger partial charge in [0.25, 0.3) is 5.91 Å². The molecular weight excluding hydrogens is 328 g/mol. The minimum Gasteiger partial charge on any atom is -0.496 e. The number of thiophene rings is 1. The van der Waals surface area contributed by atoms with Crippen LogP contribution in [0.25, 0.3) is 0 Å². The van der Waals surface area contributed by atoms with Crippen molar-refractivity contribution in [2.75, 3.05) is 12.4 Å². The van der Waals surface area contributed by atoms with E-state index in [0.29, 0.717) is 21.9 Å². The topological polar surface area (TPSA) is 88.4 Å². The van der Waals surface area contributed by atoms with Gasteiger partial charge in [0.05, 0.1) is 18.2 Å². The van der Waals surface area contributed by atoms with Gasteiger partial charge in [0.1, 0.15) is 16.8 Å². The van der Waals surface area contributed by atoms with Crippen molar-refractivity contribution in [3.05, 3.63) is 46.3 Å². The molecule has 2 aromatic rings. The quantitative estimate of drug-likeness (QED) is 0.842. The Hall–Kier alpha value is -2.85. The lowest BCUT2D eigenvalue weighted by atomic mass is 10.1. The molecule has 0 saturated heterocycles. The van der Waals surface area contributed by atoms with Crippen molar-refractivity contribution in [2.45, 2.75) is 20.0 Å². The molecule has 0 aliphatic carbocycles. The Bertz CT molecular complexity index is 807. The van der Waals surface area contributed by atoms with Crippen molar-refractivity contribution in [3.63, 3.8) is 0 Å². The number of carbonyl (C=O) groups is 2. The zero-order valence-electron chi connectivity index (χ0n) is 13.5. The van der Waals surface area contributed by atoms with Gasteiger partial charge in [0.15, 0.2) is 6.10 Å². The van der Waals surface area contributed by atoms with E-state index in [1.807, 2.05) is 13.0 Å². The highest BCUT2D eigenvalue weighted by atomic mass is 32.1. The SMILES string of the molecule is COc1cc(C(=O)O[C@H](C)C(=O)Nc2sccc2C#N)ccc1C. The summed E-state index contributed by atoms with van der Waals surface area (Å²) < 4.78 is 10.3. The zero-order valence-corrected chi connectivity index (χ0v) is 14.3. The van der Waals surface area contributed by atoms with Crippen molar-refractivity contribution in [2.24, 2.45) is 0 Å². The number of nitriles is 1. The molecule has 24 heavy (non-hydrogen) atoms. The summed E-state index contributed by atoms with van der Waals surface area (Å²) >= 11 is 1.23. The van der Waals surface area contributed by atoms with E-state index in [-0.39, 0.29) is 0 Å². The Labute approximate surface area is 143 Å². The summed E-state index contributed by atoms with van der Waals surface area (Å²) in [4.78, 5) is 24.3. The van der Waals surface area contributed by atoms with Crippen LogP contribution in [-0.2, 0) is 9.53 Å². The second kappa shape index (κ2) is 7.62. The van der Waals surface area contributed by atoms with E-state index in [2.05, 4.69) is 5.32 Å². The molecule has 0 saturated carbocycles. The Morgan fingerprint density at radius 1 is 1.33 bits per heavy atom. The van der Waals surface area contributed by atoms with Crippen LogP contribution in [0.1, 0.15) is 28.4 Å². The second-order valence-corrected chi connectivity index (χ2v) is 5.91. The van der Waals surface area contributed by atoms with Crippen LogP contribution < -0.4 is 10.1 Å². The number of carbonyl (C=O) groups excluding carboxylic acids is 2. The number of nitrogens with one attached hydrogen (secondary N) is 1. The highest BCUT2D eigenvalue weighted by Crippen LogP contribution is 2.23. The number of amides is 1. The van der Waals surface area contributed by atoms with E-state index in [4.69, 9.17) is 14.7 Å².